The zero-order valence-electron chi connectivity index (χ0n) is 14.0. The Morgan fingerprint density at radius 2 is 1.67 bits per heavy atom. The molecule has 3 rings (SSSR count). The van der Waals surface area contributed by atoms with Gasteiger partial charge < -0.3 is 10.6 Å². The van der Waals surface area contributed by atoms with E-state index in [0.29, 0.717) is 11.3 Å². The van der Waals surface area contributed by atoms with Crippen molar-refractivity contribution in [3.05, 3.63) is 65.2 Å². The molecule has 2 N–H and O–H groups in total. The zero-order chi connectivity index (χ0) is 17.1. The predicted molar refractivity (Wildman–Crippen MR) is 95.0 cm³/mol. The summed E-state index contributed by atoms with van der Waals surface area (Å²) in [5.41, 5.74) is 3.82. The fourth-order valence-electron chi connectivity index (χ4n) is 2.95. The lowest BCUT2D eigenvalue weighted by atomic mass is 10.1. The van der Waals surface area contributed by atoms with Gasteiger partial charge in [-0.05, 0) is 42.2 Å². The summed E-state index contributed by atoms with van der Waals surface area (Å²) in [4.78, 5) is 24.3. The van der Waals surface area contributed by atoms with E-state index < -0.39 is 0 Å². The van der Waals surface area contributed by atoms with Crippen molar-refractivity contribution < 1.29 is 9.59 Å². The van der Waals surface area contributed by atoms with Crippen molar-refractivity contribution in [2.45, 2.75) is 32.7 Å². The number of carbonyl (C=O) groups is 2. The van der Waals surface area contributed by atoms with E-state index in [2.05, 4.69) is 22.8 Å². The molecule has 2 amide bonds. The van der Waals surface area contributed by atoms with Crippen LogP contribution in [0.4, 0.5) is 5.69 Å². The minimum Gasteiger partial charge on any atom is -0.349 e. The number of rotatable bonds is 4. The van der Waals surface area contributed by atoms with Crippen LogP contribution < -0.4 is 10.6 Å². The second-order valence-electron chi connectivity index (χ2n) is 6.57. The monoisotopic (exact) mass is 322 g/mol. The molecule has 0 aromatic heterocycles. The Labute approximate surface area is 142 Å². The van der Waals surface area contributed by atoms with Crippen LogP contribution in [-0.2, 0) is 17.6 Å². The molecule has 0 saturated heterocycles. The van der Waals surface area contributed by atoms with Crippen LogP contribution in [0.25, 0.3) is 0 Å². The molecule has 1 aliphatic carbocycles. The molecule has 2 aromatic carbocycles. The summed E-state index contributed by atoms with van der Waals surface area (Å²) in [5.74, 6) is -0.258. The van der Waals surface area contributed by atoms with E-state index in [4.69, 9.17) is 0 Å². The highest BCUT2D eigenvalue weighted by Crippen LogP contribution is 2.22. The Morgan fingerprint density at radius 3 is 2.29 bits per heavy atom. The molecular formula is C20H22N2O2. The van der Waals surface area contributed by atoms with E-state index in [1.54, 1.807) is 24.3 Å². The van der Waals surface area contributed by atoms with Crippen LogP contribution in [0.2, 0.25) is 0 Å². The van der Waals surface area contributed by atoms with Gasteiger partial charge in [0.15, 0.2) is 0 Å². The van der Waals surface area contributed by atoms with Gasteiger partial charge in [0.05, 0.1) is 0 Å². The second kappa shape index (κ2) is 6.87. The first-order valence-corrected chi connectivity index (χ1v) is 8.31. The molecule has 4 heteroatoms. The summed E-state index contributed by atoms with van der Waals surface area (Å²) in [6, 6.07) is 15.5. The smallest absolute Gasteiger partial charge is 0.251 e. The molecule has 0 atom stereocenters. The minimum absolute atomic E-state index is 0.0567. The van der Waals surface area contributed by atoms with Gasteiger partial charge in [-0.2, -0.15) is 0 Å². The lowest BCUT2D eigenvalue weighted by Crippen LogP contribution is -2.35. The Hall–Kier alpha value is -2.62. The van der Waals surface area contributed by atoms with Crippen LogP contribution in [0.15, 0.2) is 48.5 Å². The normalized spacial score (nSPS) is 13.6. The van der Waals surface area contributed by atoms with Crippen molar-refractivity contribution in [2.24, 2.45) is 5.92 Å². The average molecular weight is 322 g/mol. The molecule has 4 nitrogen and oxygen atoms in total. The number of amides is 2. The standard InChI is InChI=1S/C20H22N2O2/c1-13(2)19(23)21-17-9-5-8-16(12-17)20(24)22-18-10-14-6-3-4-7-15(14)11-18/h3-9,12-13,18H,10-11H2,1-2H3,(H,21,23)(H,22,24). The maximum atomic E-state index is 12.5. The van der Waals surface area contributed by atoms with Gasteiger partial charge in [-0.3, -0.25) is 9.59 Å². The molecule has 124 valence electrons. The molecule has 0 unspecified atom stereocenters. The second-order valence-corrected chi connectivity index (χ2v) is 6.57. The third-order valence-corrected chi connectivity index (χ3v) is 4.30. The highest BCUT2D eigenvalue weighted by Gasteiger charge is 2.22. The van der Waals surface area contributed by atoms with E-state index in [-0.39, 0.29) is 23.8 Å². The SMILES string of the molecule is CC(C)C(=O)Nc1cccc(C(=O)NC2Cc3ccccc3C2)c1. The lowest BCUT2D eigenvalue weighted by molar-refractivity contribution is -0.118. The van der Waals surface area contributed by atoms with Gasteiger partial charge in [-0.1, -0.05) is 44.2 Å². The van der Waals surface area contributed by atoms with Crippen LogP contribution in [0, 0.1) is 5.92 Å². The number of anilines is 1. The van der Waals surface area contributed by atoms with Crippen LogP contribution in [0.5, 0.6) is 0 Å². The fourth-order valence-corrected chi connectivity index (χ4v) is 2.95. The Bertz CT molecular complexity index is 743. The molecule has 0 fully saturated rings. The highest BCUT2D eigenvalue weighted by atomic mass is 16.2. The molecule has 0 heterocycles. The van der Waals surface area contributed by atoms with Crippen molar-refractivity contribution in [3.8, 4) is 0 Å². The van der Waals surface area contributed by atoms with Gasteiger partial charge in [-0.15, -0.1) is 0 Å². The molecule has 0 spiro atoms. The predicted octanol–water partition coefficient (Wildman–Crippen LogP) is 3.18. The number of benzene rings is 2. The van der Waals surface area contributed by atoms with Gasteiger partial charge in [-0.25, -0.2) is 0 Å². The lowest BCUT2D eigenvalue weighted by Gasteiger charge is -2.13. The maximum absolute atomic E-state index is 12.5. The van der Waals surface area contributed by atoms with E-state index in [1.165, 1.54) is 11.1 Å². The van der Waals surface area contributed by atoms with Gasteiger partial charge in [0.1, 0.15) is 0 Å². The summed E-state index contributed by atoms with van der Waals surface area (Å²) in [7, 11) is 0. The molecule has 0 radical (unpaired) electrons. The highest BCUT2D eigenvalue weighted by molar-refractivity contribution is 5.97. The minimum atomic E-state index is -0.103. The molecule has 0 saturated carbocycles. The topological polar surface area (TPSA) is 58.2 Å². The van der Waals surface area contributed by atoms with Crippen LogP contribution in [-0.4, -0.2) is 17.9 Å². The van der Waals surface area contributed by atoms with E-state index in [0.717, 1.165) is 12.8 Å². The largest absolute Gasteiger partial charge is 0.349 e. The van der Waals surface area contributed by atoms with Crippen molar-refractivity contribution >= 4 is 17.5 Å². The zero-order valence-corrected chi connectivity index (χ0v) is 14.0. The van der Waals surface area contributed by atoms with Gasteiger partial charge >= 0.3 is 0 Å². The van der Waals surface area contributed by atoms with E-state index in [9.17, 15) is 9.59 Å². The fraction of sp³-hybridized carbons (Fsp3) is 0.300. The van der Waals surface area contributed by atoms with Crippen LogP contribution in [0.3, 0.4) is 0 Å². The Morgan fingerprint density at radius 1 is 1.00 bits per heavy atom. The molecular weight excluding hydrogens is 300 g/mol. The molecule has 1 aliphatic rings. The van der Waals surface area contributed by atoms with E-state index >= 15 is 0 Å². The first-order chi connectivity index (χ1) is 11.5. The molecule has 0 bridgehead atoms. The first kappa shape index (κ1) is 16.2. The van der Waals surface area contributed by atoms with E-state index in [1.807, 2.05) is 26.0 Å². The quantitative estimate of drug-likeness (QED) is 0.908. The first-order valence-electron chi connectivity index (χ1n) is 8.31. The number of nitrogens with one attached hydrogen (secondary N) is 2. The summed E-state index contributed by atoms with van der Waals surface area (Å²) in [6.07, 6.45) is 1.73. The summed E-state index contributed by atoms with van der Waals surface area (Å²) in [6.45, 7) is 3.67. The van der Waals surface area contributed by atoms with Crippen LogP contribution >= 0.6 is 0 Å². The van der Waals surface area contributed by atoms with Crippen molar-refractivity contribution in [1.29, 1.82) is 0 Å². The Kier molecular flexibility index (Phi) is 4.65. The number of fused-ring (bicyclic) bond motifs is 1. The summed E-state index contributed by atoms with van der Waals surface area (Å²) < 4.78 is 0. The van der Waals surface area contributed by atoms with Gasteiger partial charge in [0, 0.05) is 23.2 Å². The van der Waals surface area contributed by atoms with Crippen molar-refractivity contribution in [1.82, 2.24) is 5.32 Å². The third kappa shape index (κ3) is 3.65. The molecule has 2 aromatic rings. The maximum Gasteiger partial charge on any atom is 0.251 e. The molecule has 0 aliphatic heterocycles. The van der Waals surface area contributed by atoms with Crippen molar-refractivity contribution in [2.75, 3.05) is 5.32 Å². The Balaban J connectivity index is 1.65. The number of hydrogen-bond donors (Lipinski definition) is 2. The summed E-state index contributed by atoms with van der Waals surface area (Å²) in [5, 5.41) is 5.92. The van der Waals surface area contributed by atoms with Crippen molar-refractivity contribution in [3.63, 3.8) is 0 Å². The molecule has 24 heavy (non-hydrogen) atoms. The summed E-state index contributed by atoms with van der Waals surface area (Å²) >= 11 is 0. The van der Waals surface area contributed by atoms with Gasteiger partial charge in [0.25, 0.3) is 5.91 Å². The van der Waals surface area contributed by atoms with Crippen LogP contribution in [0.1, 0.15) is 35.3 Å². The number of carbonyl (C=O) groups excluding carboxylic acids is 2. The third-order valence-electron chi connectivity index (χ3n) is 4.30. The number of hydrogen-bond acceptors (Lipinski definition) is 2. The average Bonchev–Trinajstić information content (AvgIpc) is 2.97. The van der Waals surface area contributed by atoms with Gasteiger partial charge in [0.2, 0.25) is 5.91 Å².